The van der Waals surface area contributed by atoms with Gasteiger partial charge in [0.05, 0.1) is 19.0 Å². The van der Waals surface area contributed by atoms with E-state index in [2.05, 4.69) is 20.3 Å². The molecule has 1 amide bonds. The molecule has 0 bridgehead atoms. The third-order valence-electron chi connectivity index (χ3n) is 3.20. The molecular weight excluding hydrogens is 287 g/mol. The topological polar surface area (TPSA) is 69.0 Å². The number of amides is 1. The number of pyridine rings is 1. The van der Waals surface area contributed by atoms with Crippen molar-refractivity contribution in [3.05, 3.63) is 59.9 Å². The number of hydrogen-bond acceptors (Lipinski definition) is 4. The average Bonchev–Trinajstić information content (AvgIpc) is 2.93. The van der Waals surface area contributed by atoms with Crippen molar-refractivity contribution in [1.82, 2.24) is 20.0 Å². The minimum Gasteiger partial charge on any atom is -0.324 e. The summed E-state index contributed by atoms with van der Waals surface area (Å²) in [7, 11) is 1.36. The van der Waals surface area contributed by atoms with Gasteiger partial charge in [0.15, 0.2) is 5.69 Å². The fourth-order valence-electron chi connectivity index (χ4n) is 2.23. The lowest BCUT2D eigenvalue weighted by Gasteiger charge is -2.08. The maximum absolute atomic E-state index is 13.0. The van der Waals surface area contributed by atoms with Gasteiger partial charge in [-0.3, -0.25) is 9.63 Å². The highest BCUT2D eigenvalue weighted by Crippen LogP contribution is 2.17. The van der Waals surface area contributed by atoms with Gasteiger partial charge < -0.3 is 4.57 Å². The second-order valence-corrected chi connectivity index (χ2v) is 4.66. The molecule has 0 atom stereocenters. The number of hydrogen-bond donors (Lipinski definition) is 1. The zero-order chi connectivity index (χ0) is 15.5. The van der Waals surface area contributed by atoms with E-state index in [1.54, 1.807) is 29.1 Å². The molecule has 0 aliphatic heterocycles. The maximum Gasteiger partial charge on any atom is 0.295 e. The van der Waals surface area contributed by atoms with Crippen LogP contribution in [0.25, 0.3) is 11.0 Å². The molecular formula is C15H13FN4O2. The van der Waals surface area contributed by atoms with E-state index in [1.807, 2.05) is 0 Å². The van der Waals surface area contributed by atoms with E-state index in [0.717, 1.165) is 5.56 Å². The summed E-state index contributed by atoms with van der Waals surface area (Å²) in [6.07, 6.45) is 3.14. The van der Waals surface area contributed by atoms with Crippen LogP contribution in [0.2, 0.25) is 0 Å². The molecule has 3 rings (SSSR count). The van der Waals surface area contributed by atoms with Crippen LogP contribution < -0.4 is 5.48 Å². The molecule has 112 valence electrons. The van der Waals surface area contributed by atoms with Crippen molar-refractivity contribution in [3.63, 3.8) is 0 Å². The minimum absolute atomic E-state index is 0.221. The lowest BCUT2D eigenvalue weighted by Crippen LogP contribution is -2.23. The van der Waals surface area contributed by atoms with Crippen LogP contribution in [-0.2, 0) is 11.4 Å². The first-order chi connectivity index (χ1) is 10.7. The summed E-state index contributed by atoms with van der Waals surface area (Å²) in [4.78, 5) is 25.0. The van der Waals surface area contributed by atoms with E-state index in [-0.39, 0.29) is 11.5 Å². The molecule has 2 aromatic heterocycles. The highest BCUT2D eigenvalue weighted by Gasteiger charge is 2.16. The van der Waals surface area contributed by atoms with Crippen LogP contribution in [0.4, 0.5) is 4.39 Å². The number of carbonyl (C=O) groups is 1. The Bertz CT molecular complexity index is 814. The second kappa shape index (κ2) is 5.90. The van der Waals surface area contributed by atoms with Gasteiger partial charge in [0, 0.05) is 12.7 Å². The van der Waals surface area contributed by atoms with Crippen LogP contribution >= 0.6 is 0 Å². The predicted octanol–water partition coefficient (Wildman–Crippen LogP) is 1.91. The van der Waals surface area contributed by atoms with Crippen molar-refractivity contribution >= 4 is 16.9 Å². The van der Waals surface area contributed by atoms with E-state index in [0.29, 0.717) is 17.6 Å². The number of carbonyl (C=O) groups excluding carboxylic acids is 1. The smallest absolute Gasteiger partial charge is 0.295 e. The van der Waals surface area contributed by atoms with Crippen LogP contribution in [0, 0.1) is 5.82 Å². The first-order valence-electron chi connectivity index (χ1n) is 6.56. The van der Waals surface area contributed by atoms with Crippen molar-refractivity contribution in [2.75, 3.05) is 7.11 Å². The van der Waals surface area contributed by atoms with Gasteiger partial charge in [0.25, 0.3) is 5.91 Å². The van der Waals surface area contributed by atoms with Crippen molar-refractivity contribution in [2.45, 2.75) is 6.54 Å². The molecule has 7 heteroatoms. The molecule has 0 unspecified atom stereocenters. The summed E-state index contributed by atoms with van der Waals surface area (Å²) in [5.41, 5.74) is 4.61. The SMILES string of the molecule is CONC(=O)c1nccc2ncn(Cc3ccc(F)cc3)c12. The Hall–Kier alpha value is -2.80. The van der Waals surface area contributed by atoms with Crippen LogP contribution in [0.5, 0.6) is 0 Å². The van der Waals surface area contributed by atoms with Gasteiger partial charge in [-0.15, -0.1) is 0 Å². The number of nitrogens with zero attached hydrogens (tertiary/aromatic N) is 3. The minimum atomic E-state index is -0.450. The second-order valence-electron chi connectivity index (χ2n) is 4.66. The Labute approximate surface area is 125 Å². The zero-order valence-electron chi connectivity index (χ0n) is 11.8. The Kier molecular flexibility index (Phi) is 3.80. The molecule has 0 spiro atoms. The number of benzene rings is 1. The first kappa shape index (κ1) is 14.2. The van der Waals surface area contributed by atoms with E-state index in [4.69, 9.17) is 0 Å². The summed E-state index contributed by atoms with van der Waals surface area (Å²) >= 11 is 0. The first-order valence-corrected chi connectivity index (χ1v) is 6.56. The van der Waals surface area contributed by atoms with Gasteiger partial charge in [-0.05, 0) is 23.8 Å². The number of nitrogens with one attached hydrogen (secondary N) is 1. The molecule has 1 N–H and O–H groups in total. The standard InChI is InChI=1S/C15H13FN4O2/c1-22-19-15(21)13-14-12(6-7-17-13)18-9-20(14)8-10-2-4-11(16)5-3-10/h2-7,9H,8H2,1H3,(H,19,21). The van der Waals surface area contributed by atoms with Crippen LogP contribution in [0.3, 0.4) is 0 Å². The van der Waals surface area contributed by atoms with E-state index < -0.39 is 5.91 Å². The van der Waals surface area contributed by atoms with E-state index >= 15 is 0 Å². The number of fused-ring (bicyclic) bond motifs is 1. The van der Waals surface area contributed by atoms with Gasteiger partial charge in [-0.25, -0.2) is 19.8 Å². The van der Waals surface area contributed by atoms with Gasteiger partial charge in [-0.1, -0.05) is 12.1 Å². The van der Waals surface area contributed by atoms with Gasteiger partial charge in [0.2, 0.25) is 0 Å². The maximum atomic E-state index is 13.0. The third kappa shape index (κ3) is 2.66. The molecule has 0 radical (unpaired) electrons. The molecule has 0 saturated carbocycles. The van der Waals surface area contributed by atoms with Gasteiger partial charge in [-0.2, -0.15) is 0 Å². The van der Waals surface area contributed by atoms with Crippen LogP contribution in [0.1, 0.15) is 16.1 Å². The van der Waals surface area contributed by atoms with E-state index in [9.17, 15) is 9.18 Å². The summed E-state index contributed by atoms with van der Waals surface area (Å²) in [5.74, 6) is -0.741. The Morgan fingerprint density at radius 2 is 2.05 bits per heavy atom. The number of aromatic nitrogens is 3. The normalized spacial score (nSPS) is 10.8. The molecule has 0 aliphatic rings. The quantitative estimate of drug-likeness (QED) is 0.747. The lowest BCUT2D eigenvalue weighted by atomic mass is 10.2. The molecule has 0 fully saturated rings. The van der Waals surface area contributed by atoms with Crippen LogP contribution in [0.15, 0.2) is 42.9 Å². The monoisotopic (exact) mass is 300 g/mol. The zero-order valence-corrected chi connectivity index (χ0v) is 11.8. The summed E-state index contributed by atoms with van der Waals surface area (Å²) in [5, 5.41) is 0. The molecule has 0 saturated heterocycles. The number of rotatable bonds is 4. The largest absolute Gasteiger partial charge is 0.324 e. The Morgan fingerprint density at radius 3 is 2.77 bits per heavy atom. The van der Waals surface area contributed by atoms with Gasteiger partial charge >= 0.3 is 0 Å². The molecule has 2 heterocycles. The third-order valence-corrected chi connectivity index (χ3v) is 3.20. The summed E-state index contributed by atoms with van der Waals surface area (Å²) in [6, 6.07) is 7.88. The van der Waals surface area contributed by atoms with Gasteiger partial charge in [0.1, 0.15) is 11.3 Å². The van der Waals surface area contributed by atoms with Crippen molar-refractivity contribution < 1.29 is 14.0 Å². The average molecular weight is 300 g/mol. The summed E-state index contributed by atoms with van der Waals surface area (Å²) < 4.78 is 14.8. The van der Waals surface area contributed by atoms with Crippen LogP contribution in [-0.4, -0.2) is 27.6 Å². The highest BCUT2D eigenvalue weighted by atomic mass is 19.1. The number of hydroxylamine groups is 1. The molecule has 22 heavy (non-hydrogen) atoms. The number of halogens is 1. The Morgan fingerprint density at radius 1 is 1.27 bits per heavy atom. The fraction of sp³-hybridized carbons (Fsp3) is 0.133. The van der Waals surface area contributed by atoms with Crippen molar-refractivity contribution in [3.8, 4) is 0 Å². The fourth-order valence-corrected chi connectivity index (χ4v) is 2.23. The molecule has 6 nitrogen and oxygen atoms in total. The molecule has 1 aromatic carbocycles. The van der Waals surface area contributed by atoms with Crippen molar-refractivity contribution in [1.29, 1.82) is 0 Å². The van der Waals surface area contributed by atoms with E-state index in [1.165, 1.54) is 25.4 Å². The Balaban J connectivity index is 2.03. The highest BCUT2D eigenvalue weighted by molar-refractivity contribution is 6.02. The molecule has 0 aliphatic carbocycles. The summed E-state index contributed by atoms with van der Waals surface area (Å²) in [6.45, 7) is 0.454. The molecule has 3 aromatic rings. The van der Waals surface area contributed by atoms with Crippen molar-refractivity contribution in [2.24, 2.45) is 0 Å². The predicted molar refractivity (Wildman–Crippen MR) is 77.5 cm³/mol. The lowest BCUT2D eigenvalue weighted by molar-refractivity contribution is 0.0534. The number of imidazole rings is 1.